The van der Waals surface area contributed by atoms with Crippen LogP contribution in [0.4, 0.5) is 0 Å². The van der Waals surface area contributed by atoms with Gasteiger partial charge in [0.15, 0.2) is 0 Å². The van der Waals surface area contributed by atoms with Crippen molar-refractivity contribution < 1.29 is 9.59 Å². The van der Waals surface area contributed by atoms with Gasteiger partial charge in [-0.25, -0.2) is 0 Å². The van der Waals surface area contributed by atoms with E-state index in [2.05, 4.69) is 15.9 Å². The van der Waals surface area contributed by atoms with E-state index in [9.17, 15) is 9.59 Å². The van der Waals surface area contributed by atoms with Crippen molar-refractivity contribution in [2.24, 2.45) is 5.73 Å². The molecule has 0 bridgehead atoms. The van der Waals surface area contributed by atoms with Gasteiger partial charge in [-0.05, 0) is 24.6 Å². The van der Waals surface area contributed by atoms with Crippen molar-refractivity contribution in [3.8, 4) is 0 Å². The maximum Gasteiger partial charge on any atom is 0.254 e. The van der Waals surface area contributed by atoms with Crippen molar-refractivity contribution >= 4 is 27.7 Å². The monoisotopic (exact) mass is 312 g/mol. The molecule has 98 valence electrons. The molecule has 1 aromatic carbocycles. The highest BCUT2D eigenvalue weighted by Gasteiger charge is 2.17. The van der Waals surface area contributed by atoms with Gasteiger partial charge >= 0.3 is 0 Å². The van der Waals surface area contributed by atoms with Crippen LogP contribution in [0.1, 0.15) is 30.1 Å². The molecule has 0 aliphatic carbocycles. The number of primary amides is 1. The Kier molecular flexibility index (Phi) is 5.85. The molecule has 2 N–H and O–H groups in total. The van der Waals surface area contributed by atoms with Crippen LogP contribution in [0.3, 0.4) is 0 Å². The zero-order valence-electron chi connectivity index (χ0n) is 10.4. The molecule has 0 heterocycles. The van der Waals surface area contributed by atoms with Gasteiger partial charge in [-0.1, -0.05) is 35.3 Å². The van der Waals surface area contributed by atoms with Crippen LogP contribution in [0.2, 0.25) is 0 Å². The molecule has 0 aliphatic heterocycles. The topological polar surface area (TPSA) is 63.4 Å². The summed E-state index contributed by atoms with van der Waals surface area (Å²) in [6, 6.07) is 7.11. The number of hydrogen-bond donors (Lipinski definition) is 1. The summed E-state index contributed by atoms with van der Waals surface area (Å²) >= 11 is 3.32. The molecule has 0 saturated heterocycles. The van der Waals surface area contributed by atoms with Crippen molar-refractivity contribution in [3.63, 3.8) is 0 Å². The van der Waals surface area contributed by atoms with Crippen LogP contribution in [-0.4, -0.2) is 29.8 Å². The molecule has 2 amide bonds. The van der Waals surface area contributed by atoms with Crippen LogP contribution in [-0.2, 0) is 4.79 Å². The minimum atomic E-state index is -0.491. The Balaban J connectivity index is 2.83. The van der Waals surface area contributed by atoms with E-state index in [0.29, 0.717) is 12.1 Å². The first kappa shape index (κ1) is 14.7. The molecule has 4 nitrogen and oxygen atoms in total. The molecule has 0 atom stereocenters. The zero-order chi connectivity index (χ0) is 13.5. The second-order valence-electron chi connectivity index (χ2n) is 4.06. The van der Waals surface area contributed by atoms with Crippen LogP contribution in [0.15, 0.2) is 28.7 Å². The Morgan fingerprint density at radius 2 is 2.11 bits per heavy atom. The molecule has 0 spiro atoms. The van der Waals surface area contributed by atoms with Crippen molar-refractivity contribution in [3.05, 3.63) is 34.3 Å². The van der Waals surface area contributed by atoms with Gasteiger partial charge in [-0.3, -0.25) is 9.59 Å². The molecule has 0 aromatic heterocycles. The van der Waals surface area contributed by atoms with E-state index in [1.807, 2.05) is 13.0 Å². The van der Waals surface area contributed by atoms with Gasteiger partial charge in [0.05, 0.1) is 6.54 Å². The molecule has 0 saturated carbocycles. The number of rotatable bonds is 6. The van der Waals surface area contributed by atoms with Gasteiger partial charge in [-0.15, -0.1) is 0 Å². The summed E-state index contributed by atoms with van der Waals surface area (Å²) in [4.78, 5) is 24.7. The second-order valence-corrected chi connectivity index (χ2v) is 4.97. The lowest BCUT2D eigenvalue weighted by Crippen LogP contribution is -2.39. The lowest BCUT2D eigenvalue weighted by atomic mass is 10.2. The lowest BCUT2D eigenvalue weighted by Gasteiger charge is -2.21. The summed E-state index contributed by atoms with van der Waals surface area (Å²) in [5, 5.41) is 0. The van der Waals surface area contributed by atoms with Crippen LogP contribution >= 0.6 is 15.9 Å². The second kappa shape index (κ2) is 7.16. The first-order valence-electron chi connectivity index (χ1n) is 5.87. The number of hydrogen-bond acceptors (Lipinski definition) is 2. The fraction of sp³-hybridized carbons (Fsp3) is 0.385. The Morgan fingerprint density at radius 1 is 1.39 bits per heavy atom. The molecule has 0 unspecified atom stereocenters. The summed E-state index contributed by atoms with van der Waals surface area (Å²) in [6.45, 7) is 2.54. The smallest absolute Gasteiger partial charge is 0.254 e. The van der Waals surface area contributed by atoms with Gasteiger partial charge in [0.1, 0.15) is 0 Å². The third-order valence-corrected chi connectivity index (χ3v) is 2.98. The number of carbonyl (C=O) groups is 2. The summed E-state index contributed by atoms with van der Waals surface area (Å²) in [7, 11) is 0. The maximum atomic E-state index is 12.2. The Labute approximate surface area is 115 Å². The Hall–Kier alpha value is -1.36. The third-order valence-electron chi connectivity index (χ3n) is 2.49. The standard InChI is InChI=1S/C13H17BrN2O2/c1-2-3-7-16(9-12(15)17)13(18)10-5-4-6-11(14)8-10/h4-6,8H,2-3,7,9H2,1H3,(H2,15,17). The molecule has 1 aromatic rings. The number of nitrogens with zero attached hydrogens (tertiary/aromatic N) is 1. The van der Waals surface area contributed by atoms with Crippen LogP contribution in [0.25, 0.3) is 0 Å². The average molecular weight is 313 g/mol. The highest BCUT2D eigenvalue weighted by atomic mass is 79.9. The normalized spacial score (nSPS) is 10.1. The summed E-state index contributed by atoms with van der Waals surface area (Å²) in [5.74, 6) is -0.655. The molecule has 5 heteroatoms. The number of halogens is 1. The first-order chi connectivity index (χ1) is 8.54. The summed E-state index contributed by atoms with van der Waals surface area (Å²) in [6.07, 6.45) is 1.81. The number of unbranched alkanes of at least 4 members (excludes halogenated alkanes) is 1. The van der Waals surface area contributed by atoms with Crippen LogP contribution in [0, 0.1) is 0 Å². The Bertz CT molecular complexity index is 435. The number of amides is 2. The molecule has 0 fully saturated rings. The average Bonchev–Trinajstić information content (AvgIpc) is 2.33. The van der Waals surface area contributed by atoms with Crippen molar-refractivity contribution in [2.45, 2.75) is 19.8 Å². The zero-order valence-corrected chi connectivity index (χ0v) is 11.9. The number of nitrogens with two attached hydrogens (primary N) is 1. The predicted molar refractivity (Wildman–Crippen MR) is 74.1 cm³/mol. The maximum absolute atomic E-state index is 12.2. The van der Waals surface area contributed by atoms with E-state index >= 15 is 0 Å². The quantitative estimate of drug-likeness (QED) is 0.875. The van der Waals surface area contributed by atoms with Gasteiger partial charge in [0.2, 0.25) is 5.91 Å². The lowest BCUT2D eigenvalue weighted by molar-refractivity contribution is -0.118. The van der Waals surface area contributed by atoms with Gasteiger partial charge in [0, 0.05) is 16.6 Å². The van der Waals surface area contributed by atoms with Crippen molar-refractivity contribution in [1.82, 2.24) is 4.90 Å². The fourth-order valence-electron chi connectivity index (χ4n) is 1.59. The van der Waals surface area contributed by atoms with E-state index in [1.165, 1.54) is 4.90 Å². The molecule has 1 rings (SSSR count). The van der Waals surface area contributed by atoms with Crippen LogP contribution < -0.4 is 5.73 Å². The van der Waals surface area contributed by atoms with Gasteiger partial charge < -0.3 is 10.6 Å². The van der Waals surface area contributed by atoms with Crippen molar-refractivity contribution in [1.29, 1.82) is 0 Å². The van der Waals surface area contributed by atoms with Gasteiger partial charge in [-0.2, -0.15) is 0 Å². The Morgan fingerprint density at radius 3 is 2.67 bits per heavy atom. The van der Waals surface area contributed by atoms with E-state index in [-0.39, 0.29) is 12.5 Å². The van der Waals surface area contributed by atoms with E-state index in [0.717, 1.165) is 17.3 Å². The largest absolute Gasteiger partial charge is 0.368 e. The van der Waals surface area contributed by atoms with Crippen LogP contribution in [0.5, 0.6) is 0 Å². The number of carbonyl (C=O) groups excluding carboxylic acids is 2. The highest BCUT2D eigenvalue weighted by molar-refractivity contribution is 9.10. The predicted octanol–water partition coefficient (Wildman–Crippen LogP) is 2.18. The molecular weight excluding hydrogens is 296 g/mol. The molecular formula is C13H17BrN2O2. The van der Waals surface area contributed by atoms with E-state index in [1.54, 1.807) is 18.2 Å². The van der Waals surface area contributed by atoms with E-state index < -0.39 is 5.91 Å². The van der Waals surface area contributed by atoms with Gasteiger partial charge in [0.25, 0.3) is 5.91 Å². The number of benzene rings is 1. The molecule has 0 aliphatic rings. The molecule has 0 radical (unpaired) electrons. The highest BCUT2D eigenvalue weighted by Crippen LogP contribution is 2.13. The first-order valence-corrected chi connectivity index (χ1v) is 6.67. The minimum absolute atomic E-state index is 0.0364. The summed E-state index contributed by atoms with van der Waals surface area (Å²) < 4.78 is 0.836. The molecule has 18 heavy (non-hydrogen) atoms. The van der Waals surface area contributed by atoms with Crippen molar-refractivity contribution in [2.75, 3.05) is 13.1 Å². The minimum Gasteiger partial charge on any atom is -0.368 e. The summed E-state index contributed by atoms with van der Waals surface area (Å²) in [5.41, 5.74) is 5.73. The van der Waals surface area contributed by atoms with E-state index in [4.69, 9.17) is 5.73 Å². The fourth-order valence-corrected chi connectivity index (χ4v) is 1.99. The third kappa shape index (κ3) is 4.49. The SMILES string of the molecule is CCCCN(CC(N)=O)C(=O)c1cccc(Br)c1.